The molecule has 0 bridgehead atoms. The normalized spacial score (nSPS) is 27.1. The quantitative estimate of drug-likeness (QED) is 0.545. The van der Waals surface area contributed by atoms with E-state index in [-0.39, 0.29) is 11.5 Å². The number of rotatable bonds is 1. The fraction of sp³-hybridized carbons (Fsp3) is 0.909. The molecule has 1 aliphatic heterocycles. The van der Waals surface area contributed by atoms with Gasteiger partial charge < -0.3 is 10.6 Å². The Kier molecular flexibility index (Phi) is 3.91. The van der Waals surface area contributed by atoms with Gasteiger partial charge in [-0.25, -0.2) is 13.4 Å². The summed E-state index contributed by atoms with van der Waals surface area (Å²) in [6, 6.07) is 0.356. The molecule has 1 saturated heterocycles. The molecule has 0 aromatic carbocycles. The fourth-order valence-corrected chi connectivity index (χ4v) is 3.74. The van der Waals surface area contributed by atoms with Gasteiger partial charge in [0.05, 0.1) is 17.5 Å². The molecule has 1 saturated carbocycles. The molecule has 1 aliphatic carbocycles. The summed E-state index contributed by atoms with van der Waals surface area (Å²) in [4.78, 5) is 6.43. The van der Waals surface area contributed by atoms with E-state index in [2.05, 4.69) is 4.99 Å². The minimum atomic E-state index is -2.87. The van der Waals surface area contributed by atoms with E-state index in [1.807, 2.05) is 4.90 Å². The lowest BCUT2D eigenvalue weighted by Crippen LogP contribution is -2.40. The Morgan fingerprint density at radius 1 is 1.12 bits per heavy atom. The zero-order valence-electron chi connectivity index (χ0n) is 10.1. The van der Waals surface area contributed by atoms with Crippen LogP contribution in [-0.4, -0.2) is 49.9 Å². The third-order valence-corrected chi connectivity index (χ3v) is 5.23. The summed E-state index contributed by atoms with van der Waals surface area (Å²) in [5.41, 5.74) is 5.97. The molecule has 0 aromatic heterocycles. The van der Waals surface area contributed by atoms with Gasteiger partial charge in [0, 0.05) is 13.1 Å². The second-order valence-electron chi connectivity index (χ2n) is 4.92. The van der Waals surface area contributed by atoms with Crippen molar-refractivity contribution in [3.05, 3.63) is 0 Å². The van der Waals surface area contributed by atoms with Gasteiger partial charge in [0.25, 0.3) is 0 Å². The van der Waals surface area contributed by atoms with Crippen molar-refractivity contribution in [2.45, 2.75) is 38.1 Å². The zero-order valence-corrected chi connectivity index (χ0v) is 11.0. The molecule has 0 atom stereocenters. The minimum absolute atomic E-state index is 0.202. The highest BCUT2D eigenvalue weighted by Gasteiger charge is 2.21. The molecule has 17 heavy (non-hydrogen) atoms. The molecule has 2 N–H and O–H groups in total. The van der Waals surface area contributed by atoms with Crippen LogP contribution in [0.25, 0.3) is 0 Å². The Morgan fingerprint density at radius 3 is 2.53 bits per heavy atom. The fourth-order valence-electron chi connectivity index (χ4n) is 2.47. The van der Waals surface area contributed by atoms with E-state index >= 15 is 0 Å². The van der Waals surface area contributed by atoms with Gasteiger partial charge in [0.2, 0.25) is 0 Å². The molecule has 0 spiro atoms. The van der Waals surface area contributed by atoms with Gasteiger partial charge in [0.15, 0.2) is 15.8 Å². The lowest BCUT2D eigenvalue weighted by molar-refractivity contribution is 0.439. The number of hydrogen-bond donors (Lipinski definition) is 1. The van der Waals surface area contributed by atoms with E-state index in [1.54, 1.807) is 0 Å². The third kappa shape index (κ3) is 3.59. The highest BCUT2D eigenvalue weighted by molar-refractivity contribution is 7.91. The van der Waals surface area contributed by atoms with E-state index in [9.17, 15) is 8.42 Å². The van der Waals surface area contributed by atoms with E-state index < -0.39 is 9.84 Å². The molecule has 2 rings (SSSR count). The standard InChI is InChI=1S/C11H21N3O2S/c12-11(13-10-4-1-2-5-10)14-6-3-8-17(15,16)9-7-14/h10H,1-9H2,(H2,12,13). The number of nitrogens with two attached hydrogens (primary N) is 1. The Bertz CT molecular complexity index is 386. The molecule has 6 heteroatoms. The van der Waals surface area contributed by atoms with Crippen molar-refractivity contribution in [2.24, 2.45) is 10.7 Å². The molecular formula is C11H21N3O2S. The Hall–Kier alpha value is -0.780. The van der Waals surface area contributed by atoms with Gasteiger partial charge in [-0.05, 0) is 19.3 Å². The summed E-state index contributed by atoms with van der Waals surface area (Å²) in [7, 11) is -2.87. The maximum Gasteiger partial charge on any atom is 0.191 e. The summed E-state index contributed by atoms with van der Waals surface area (Å²) in [6.07, 6.45) is 5.36. The lowest BCUT2D eigenvalue weighted by atomic mass is 10.3. The number of sulfone groups is 1. The van der Waals surface area contributed by atoms with Crippen molar-refractivity contribution in [3.63, 3.8) is 0 Å². The number of guanidine groups is 1. The van der Waals surface area contributed by atoms with Gasteiger partial charge in [-0.1, -0.05) is 12.8 Å². The second kappa shape index (κ2) is 5.25. The number of nitrogens with zero attached hydrogens (tertiary/aromatic N) is 2. The van der Waals surface area contributed by atoms with Crippen molar-refractivity contribution in [1.29, 1.82) is 0 Å². The third-order valence-electron chi connectivity index (χ3n) is 3.52. The van der Waals surface area contributed by atoms with Crippen molar-refractivity contribution >= 4 is 15.8 Å². The highest BCUT2D eigenvalue weighted by atomic mass is 32.2. The van der Waals surface area contributed by atoms with Crippen LogP contribution in [0.15, 0.2) is 4.99 Å². The van der Waals surface area contributed by atoms with E-state index in [4.69, 9.17) is 5.73 Å². The summed E-state index contributed by atoms with van der Waals surface area (Å²) in [6.45, 7) is 1.20. The largest absolute Gasteiger partial charge is 0.370 e. The summed E-state index contributed by atoms with van der Waals surface area (Å²) < 4.78 is 23.0. The molecule has 1 heterocycles. The van der Waals surface area contributed by atoms with Crippen molar-refractivity contribution in [2.75, 3.05) is 24.6 Å². The first kappa shape index (κ1) is 12.7. The van der Waals surface area contributed by atoms with Crippen LogP contribution in [0, 0.1) is 0 Å². The van der Waals surface area contributed by atoms with Crippen LogP contribution < -0.4 is 5.73 Å². The molecule has 98 valence electrons. The van der Waals surface area contributed by atoms with Crippen molar-refractivity contribution in [3.8, 4) is 0 Å². The van der Waals surface area contributed by atoms with Gasteiger partial charge in [-0.2, -0.15) is 0 Å². The van der Waals surface area contributed by atoms with Gasteiger partial charge >= 0.3 is 0 Å². The van der Waals surface area contributed by atoms with Crippen LogP contribution in [0.2, 0.25) is 0 Å². The number of aliphatic imine (C=N–C) groups is 1. The summed E-state index contributed by atoms with van der Waals surface area (Å²) in [5.74, 6) is 1.02. The second-order valence-corrected chi connectivity index (χ2v) is 7.22. The lowest BCUT2D eigenvalue weighted by Gasteiger charge is -2.21. The van der Waals surface area contributed by atoms with Crippen LogP contribution in [0.1, 0.15) is 32.1 Å². The molecule has 0 amide bonds. The minimum Gasteiger partial charge on any atom is -0.370 e. The molecular weight excluding hydrogens is 238 g/mol. The van der Waals surface area contributed by atoms with Crippen LogP contribution in [0.4, 0.5) is 0 Å². The van der Waals surface area contributed by atoms with E-state index in [0.29, 0.717) is 31.5 Å². The topological polar surface area (TPSA) is 75.8 Å². The average Bonchev–Trinajstić information content (AvgIpc) is 2.68. The Balaban J connectivity index is 1.97. The number of hydrogen-bond acceptors (Lipinski definition) is 3. The van der Waals surface area contributed by atoms with Crippen LogP contribution in [0.3, 0.4) is 0 Å². The highest BCUT2D eigenvalue weighted by Crippen LogP contribution is 2.21. The first-order valence-corrected chi connectivity index (χ1v) is 8.18. The van der Waals surface area contributed by atoms with Crippen LogP contribution >= 0.6 is 0 Å². The molecule has 2 fully saturated rings. The first-order chi connectivity index (χ1) is 8.07. The molecule has 0 unspecified atom stereocenters. The maximum absolute atomic E-state index is 11.5. The molecule has 2 aliphatic rings. The van der Waals surface area contributed by atoms with Gasteiger partial charge in [-0.3, -0.25) is 0 Å². The van der Waals surface area contributed by atoms with Gasteiger partial charge in [0.1, 0.15) is 0 Å². The summed E-state index contributed by atoms with van der Waals surface area (Å²) >= 11 is 0. The zero-order chi connectivity index (χ0) is 12.3. The maximum atomic E-state index is 11.5. The SMILES string of the molecule is NC(=NC1CCCC1)N1CCCS(=O)(=O)CC1. The predicted octanol–water partition coefficient (Wildman–Crippen LogP) is 0.364. The molecule has 0 radical (unpaired) electrons. The van der Waals surface area contributed by atoms with Crippen molar-refractivity contribution < 1.29 is 8.42 Å². The first-order valence-electron chi connectivity index (χ1n) is 6.35. The monoisotopic (exact) mass is 259 g/mol. The van der Waals surface area contributed by atoms with Crippen LogP contribution in [-0.2, 0) is 9.84 Å². The summed E-state index contributed by atoms with van der Waals surface area (Å²) in [5, 5.41) is 0. The van der Waals surface area contributed by atoms with Gasteiger partial charge in [-0.15, -0.1) is 0 Å². The Labute approximate surface area is 103 Å². The Morgan fingerprint density at radius 2 is 1.82 bits per heavy atom. The van der Waals surface area contributed by atoms with Crippen molar-refractivity contribution in [1.82, 2.24) is 4.90 Å². The predicted molar refractivity (Wildman–Crippen MR) is 68.7 cm³/mol. The smallest absolute Gasteiger partial charge is 0.191 e. The molecule has 0 aromatic rings. The van der Waals surface area contributed by atoms with E-state index in [0.717, 1.165) is 12.8 Å². The average molecular weight is 259 g/mol. The van der Waals surface area contributed by atoms with Crippen LogP contribution in [0.5, 0.6) is 0 Å². The van der Waals surface area contributed by atoms with E-state index in [1.165, 1.54) is 12.8 Å². The molecule has 5 nitrogen and oxygen atoms in total.